The number of aromatic nitrogens is 1. The van der Waals surface area contributed by atoms with Gasteiger partial charge in [0.25, 0.3) is 0 Å². The smallest absolute Gasteiger partial charge is 0.193 e. The first kappa shape index (κ1) is 16.9. The Morgan fingerprint density at radius 2 is 2.17 bits per heavy atom. The molecule has 0 saturated heterocycles. The zero-order valence-electron chi connectivity index (χ0n) is 13.9. The molecule has 1 N–H and O–H groups in total. The Hall–Kier alpha value is -2.43. The first-order valence-electron chi connectivity index (χ1n) is 7.66. The van der Waals surface area contributed by atoms with Crippen molar-refractivity contribution in [3.05, 3.63) is 65.2 Å². The van der Waals surface area contributed by atoms with E-state index in [4.69, 9.17) is 0 Å². The molecule has 0 spiro atoms. The highest BCUT2D eigenvalue weighted by atomic mass is 19.1. The third-order valence-electron chi connectivity index (χ3n) is 3.70. The summed E-state index contributed by atoms with van der Waals surface area (Å²) in [6.45, 7) is 3.45. The molecule has 23 heavy (non-hydrogen) atoms. The van der Waals surface area contributed by atoms with Crippen molar-refractivity contribution in [2.24, 2.45) is 4.99 Å². The standard InChI is InChI=1S/C18H23FN4/c1-14-12-21-9-7-16(14)8-10-22-18(20-2)23(3)13-15-5-4-6-17(19)11-15/h4-7,9,11-12H,8,10,13H2,1-3H3,(H,20,22). The molecule has 0 bridgehead atoms. The van der Waals surface area contributed by atoms with Crippen LogP contribution in [0.25, 0.3) is 0 Å². The van der Waals surface area contributed by atoms with Crippen LogP contribution < -0.4 is 5.32 Å². The largest absolute Gasteiger partial charge is 0.356 e. The van der Waals surface area contributed by atoms with Crippen LogP contribution in [-0.2, 0) is 13.0 Å². The monoisotopic (exact) mass is 314 g/mol. The second kappa shape index (κ2) is 8.27. The SMILES string of the molecule is CN=C(NCCc1ccncc1C)N(C)Cc1cccc(F)c1. The van der Waals surface area contributed by atoms with Crippen LogP contribution in [0.5, 0.6) is 0 Å². The minimum absolute atomic E-state index is 0.216. The Labute approximate surface area is 137 Å². The molecule has 0 aliphatic heterocycles. The zero-order valence-corrected chi connectivity index (χ0v) is 13.9. The van der Waals surface area contributed by atoms with Crippen LogP contribution in [0.1, 0.15) is 16.7 Å². The van der Waals surface area contributed by atoms with Gasteiger partial charge in [0.1, 0.15) is 5.82 Å². The lowest BCUT2D eigenvalue weighted by Crippen LogP contribution is -2.39. The van der Waals surface area contributed by atoms with Gasteiger partial charge in [-0.2, -0.15) is 0 Å². The van der Waals surface area contributed by atoms with Gasteiger partial charge in [-0.3, -0.25) is 9.98 Å². The van der Waals surface area contributed by atoms with Crippen molar-refractivity contribution in [2.75, 3.05) is 20.6 Å². The molecule has 4 nitrogen and oxygen atoms in total. The van der Waals surface area contributed by atoms with E-state index in [-0.39, 0.29) is 5.82 Å². The van der Waals surface area contributed by atoms with Gasteiger partial charge in [-0.25, -0.2) is 4.39 Å². The summed E-state index contributed by atoms with van der Waals surface area (Å²) in [6.07, 6.45) is 4.59. The highest BCUT2D eigenvalue weighted by molar-refractivity contribution is 5.79. The lowest BCUT2D eigenvalue weighted by Gasteiger charge is -2.22. The van der Waals surface area contributed by atoms with Gasteiger partial charge >= 0.3 is 0 Å². The number of aryl methyl sites for hydroxylation is 1. The van der Waals surface area contributed by atoms with E-state index < -0.39 is 0 Å². The van der Waals surface area contributed by atoms with E-state index in [2.05, 4.69) is 22.2 Å². The highest BCUT2D eigenvalue weighted by Crippen LogP contribution is 2.07. The Bertz CT molecular complexity index is 670. The molecule has 0 radical (unpaired) electrons. The third kappa shape index (κ3) is 5.06. The van der Waals surface area contributed by atoms with Crippen molar-refractivity contribution in [1.82, 2.24) is 15.2 Å². The number of benzene rings is 1. The lowest BCUT2D eigenvalue weighted by molar-refractivity contribution is 0.475. The Morgan fingerprint density at radius 1 is 1.35 bits per heavy atom. The van der Waals surface area contributed by atoms with E-state index in [0.29, 0.717) is 6.54 Å². The minimum Gasteiger partial charge on any atom is -0.356 e. The molecule has 5 heteroatoms. The summed E-state index contributed by atoms with van der Waals surface area (Å²) in [6, 6.07) is 8.67. The van der Waals surface area contributed by atoms with Crippen LogP contribution in [0, 0.1) is 12.7 Å². The molecule has 122 valence electrons. The predicted octanol–water partition coefficient (Wildman–Crippen LogP) is 2.78. The summed E-state index contributed by atoms with van der Waals surface area (Å²) in [5.41, 5.74) is 3.38. The van der Waals surface area contributed by atoms with Crippen molar-refractivity contribution in [1.29, 1.82) is 0 Å². The first-order valence-corrected chi connectivity index (χ1v) is 7.66. The maximum atomic E-state index is 13.3. The van der Waals surface area contributed by atoms with Crippen LogP contribution in [-0.4, -0.2) is 36.5 Å². The summed E-state index contributed by atoms with van der Waals surface area (Å²) in [4.78, 5) is 10.4. The van der Waals surface area contributed by atoms with Crippen LogP contribution >= 0.6 is 0 Å². The predicted molar refractivity (Wildman–Crippen MR) is 91.9 cm³/mol. The molecule has 0 aliphatic carbocycles. The fourth-order valence-electron chi connectivity index (χ4n) is 2.46. The molecule has 1 heterocycles. The van der Waals surface area contributed by atoms with Crippen LogP contribution in [0.2, 0.25) is 0 Å². The summed E-state index contributed by atoms with van der Waals surface area (Å²) in [5, 5.41) is 3.34. The second-order valence-corrected chi connectivity index (χ2v) is 5.51. The number of rotatable bonds is 5. The van der Waals surface area contributed by atoms with Crippen molar-refractivity contribution in [3.8, 4) is 0 Å². The third-order valence-corrected chi connectivity index (χ3v) is 3.70. The molecular formula is C18H23FN4. The topological polar surface area (TPSA) is 40.5 Å². The zero-order chi connectivity index (χ0) is 16.7. The molecule has 0 aliphatic rings. The van der Waals surface area contributed by atoms with Gasteiger partial charge < -0.3 is 10.2 Å². The maximum absolute atomic E-state index is 13.3. The first-order chi connectivity index (χ1) is 11.1. The molecule has 1 aromatic heterocycles. The number of nitrogens with zero attached hydrogens (tertiary/aromatic N) is 3. The number of aliphatic imine (C=N–C) groups is 1. The van der Waals surface area contributed by atoms with Gasteiger partial charge in [0.15, 0.2) is 5.96 Å². The molecule has 0 unspecified atom stereocenters. The lowest BCUT2D eigenvalue weighted by atomic mass is 10.1. The molecule has 1 aromatic carbocycles. The summed E-state index contributed by atoms with van der Waals surface area (Å²) in [7, 11) is 3.69. The van der Waals surface area contributed by atoms with E-state index in [9.17, 15) is 4.39 Å². The van der Waals surface area contributed by atoms with E-state index in [0.717, 1.165) is 24.5 Å². The van der Waals surface area contributed by atoms with Crippen LogP contribution in [0.15, 0.2) is 47.7 Å². The molecule has 0 atom stereocenters. The van der Waals surface area contributed by atoms with Crippen LogP contribution in [0.4, 0.5) is 4.39 Å². The Kier molecular flexibility index (Phi) is 6.09. The van der Waals surface area contributed by atoms with Gasteiger partial charge in [-0.05, 0) is 48.2 Å². The van der Waals surface area contributed by atoms with Crippen molar-refractivity contribution in [3.63, 3.8) is 0 Å². The fourth-order valence-corrected chi connectivity index (χ4v) is 2.46. The summed E-state index contributed by atoms with van der Waals surface area (Å²) >= 11 is 0. The molecular weight excluding hydrogens is 291 g/mol. The normalized spacial score (nSPS) is 11.4. The van der Waals surface area contributed by atoms with E-state index in [1.54, 1.807) is 19.2 Å². The summed E-state index contributed by atoms with van der Waals surface area (Å²) < 4.78 is 13.3. The number of pyridine rings is 1. The maximum Gasteiger partial charge on any atom is 0.193 e. The number of halogens is 1. The van der Waals surface area contributed by atoms with Gasteiger partial charge in [-0.1, -0.05) is 12.1 Å². The Morgan fingerprint density at radius 3 is 2.87 bits per heavy atom. The highest BCUT2D eigenvalue weighted by Gasteiger charge is 2.07. The van der Waals surface area contributed by atoms with Gasteiger partial charge in [0.05, 0.1) is 0 Å². The van der Waals surface area contributed by atoms with Crippen LogP contribution in [0.3, 0.4) is 0 Å². The van der Waals surface area contributed by atoms with Gasteiger partial charge in [-0.15, -0.1) is 0 Å². The Balaban J connectivity index is 1.88. The van der Waals surface area contributed by atoms with Crippen molar-refractivity contribution in [2.45, 2.75) is 19.9 Å². The van der Waals surface area contributed by atoms with E-state index in [1.807, 2.05) is 36.5 Å². The number of hydrogen-bond acceptors (Lipinski definition) is 2. The van der Waals surface area contributed by atoms with E-state index >= 15 is 0 Å². The second-order valence-electron chi connectivity index (χ2n) is 5.51. The minimum atomic E-state index is -0.216. The number of hydrogen-bond donors (Lipinski definition) is 1. The van der Waals surface area contributed by atoms with Gasteiger partial charge in [0.2, 0.25) is 0 Å². The molecule has 0 saturated carbocycles. The van der Waals surface area contributed by atoms with Crippen molar-refractivity contribution >= 4 is 5.96 Å². The fraction of sp³-hybridized carbons (Fsp3) is 0.333. The van der Waals surface area contributed by atoms with Crippen molar-refractivity contribution < 1.29 is 4.39 Å². The molecule has 2 aromatic rings. The molecule has 0 amide bonds. The average Bonchev–Trinajstić information content (AvgIpc) is 2.53. The average molecular weight is 314 g/mol. The number of nitrogens with one attached hydrogen (secondary N) is 1. The molecule has 2 rings (SSSR count). The van der Waals surface area contributed by atoms with E-state index in [1.165, 1.54) is 17.2 Å². The molecule has 0 fully saturated rings. The quantitative estimate of drug-likeness (QED) is 0.681. The number of guanidine groups is 1. The summed E-state index contributed by atoms with van der Waals surface area (Å²) in [5.74, 6) is 0.577. The van der Waals surface area contributed by atoms with Gasteiger partial charge in [0, 0.05) is 39.6 Å².